The first kappa shape index (κ1) is 21.2. The topological polar surface area (TPSA) is 69.7 Å². The molecule has 6 heteroatoms. The van der Waals surface area contributed by atoms with Crippen LogP contribution in [0.3, 0.4) is 0 Å². The zero-order valence-electron chi connectivity index (χ0n) is 18.4. The van der Waals surface area contributed by atoms with Crippen molar-refractivity contribution in [3.63, 3.8) is 0 Å². The van der Waals surface area contributed by atoms with Crippen LogP contribution < -0.4 is 19.5 Å². The van der Waals surface area contributed by atoms with Gasteiger partial charge < -0.3 is 19.5 Å². The van der Waals surface area contributed by atoms with E-state index in [0.717, 1.165) is 33.5 Å². The summed E-state index contributed by atoms with van der Waals surface area (Å²) in [5.41, 5.74) is 4.35. The summed E-state index contributed by atoms with van der Waals surface area (Å²) in [6.45, 7) is 1.92. The number of methoxy groups -OCH3 is 3. The molecule has 1 heterocycles. The Bertz CT molecular complexity index is 1260. The smallest absolute Gasteiger partial charge is 0.256 e. The van der Waals surface area contributed by atoms with Gasteiger partial charge in [-0.05, 0) is 42.8 Å². The molecular weight excluding hydrogens is 404 g/mol. The van der Waals surface area contributed by atoms with Gasteiger partial charge in [0.05, 0.1) is 38.1 Å². The molecule has 0 saturated carbocycles. The molecule has 6 nitrogen and oxygen atoms in total. The van der Waals surface area contributed by atoms with E-state index in [4.69, 9.17) is 19.2 Å². The van der Waals surface area contributed by atoms with Gasteiger partial charge in [-0.1, -0.05) is 18.2 Å². The third-order valence-corrected chi connectivity index (χ3v) is 5.34. The van der Waals surface area contributed by atoms with E-state index in [0.29, 0.717) is 22.7 Å². The van der Waals surface area contributed by atoms with Crippen LogP contribution in [0, 0.1) is 6.92 Å². The third kappa shape index (κ3) is 4.07. The number of pyridine rings is 1. The molecule has 0 radical (unpaired) electrons. The summed E-state index contributed by atoms with van der Waals surface area (Å²) in [6, 6.07) is 20.6. The molecule has 0 unspecified atom stereocenters. The lowest BCUT2D eigenvalue weighted by Gasteiger charge is -2.16. The molecule has 1 aromatic heterocycles. The van der Waals surface area contributed by atoms with Gasteiger partial charge in [0.2, 0.25) is 0 Å². The number of anilines is 1. The van der Waals surface area contributed by atoms with Crippen LogP contribution in [0.1, 0.15) is 15.9 Å². The molecule has 32 heavy (non-hydrogen) atoms. The van der Waals surface area contributed by atoms with Gasteiger partial charge in [-0.3, -0.25) is 4.79 Å². The van der Waals surface area contributed by atoms with Crippen LogP contribution >= 0.6 is 0 Å². The maximum atomic E-state index is 13.5. The van der Waals surface area contributed by atoms with Crippen molar-refractivity contribution in [3.05, 3.63) is 77.9 Å². The molecule has 0 aliphatic rings. The Morgan fingerprint density at radius 2 is 1.44 bits per heavy atom. The molecule has 1 amide bonds. The second-order valence-electron chi connectivity index (χ2n) is 7.26. The van der Waals surface area contributed by atoms with Crippen LogP contribution in [0.5, 0.6) is 17.2 Å². The van der Waals surface area contributed by atoms with Crippen LogP contribution in [0.15, 0.2) is 66.7 Å². The fraction of sp³-hybridized carbons (Fsp3) is 0.154. The Balaban J connectivity index is 1.82. The second-order valence-corrected chi connectivity index (χ2v) is 7.26. The molecule has 0 atom stereocenters. The lowest BCUT2D eigenvalue weighted by molar-refractivity contribution is 0.102. The minimum atomic E-state index is -0.230. The first-order valence-corrected chi connectivity index (χ1v) is 10.1. The van der Waals surface area contributed by atoms with Crippen molar-refractivity contribution < 1.29 is 19.0 Å². The Morgan fingerprint density at radius 3 is 2.06 bits per heavy atom. The highest BCUT2D eigenvalue weighted by molar-refractivity contribution is 6.14. The summed E-state index contributed by atoms with van der Waals surface area (Å²) < 4.78 is 15.9. The van der Waals surface area contributed by atoms with Gasteiger partial charge in [0.1, 0.15) is 17.2 Å². The van der Waals surface area contributed by atoms with Crippen LogP contribution in [-0.4, -0.2) is 32.2 Å². The quantitative estimate of drug-likeness (QED) is 0.440. The number of hydrogen-bond donors (Lipinski definition) is 1. The molecule has 0 fully saturated rings. The fourth-order valence-electron chi connectivity index (χ4n) is 3.70. The van der Waals surface area contributed by atoms with Gasteiger partial charge in [0, 0.05) is 34.8 Å². The molecule has 3 aromatic carbocycles. The highest BCUT2D eigenvalue weighted by Gasteiger charge is 2.19. The number of amides is 1. The van der Waals surface area contributed by atoms with Crippen LogP contribution in [0.2, 0.25) is 0 Å². The highest BCUT2D eigenvalue weighted by Crippen LogP contribution is 2.32. The van der Waals surface area contributed by atoms with Crippen molar-refractivity contribution in [1.29, 1.82) is 0 Å². The van der Waals surface area contributed by atoms with Crippen LogP contribution in [-0.2, 0) is 0 Å². The fourth-order valence-corrected chi connectivity index (χ4v) is 3.70. The van der Waals surface area contributed by atoms with E-state index in [2.05, 4.69) is 5.32 Å². The second kappa shape index (κ2) is 8.98. The molecule has 4 aromatic rings. The Labute approximate surface area is 186 Å². The van der Waals surface area contributed by atoms with E-state index in [1.165, 1.54) is 0 Å². The Kier molecular flexibility index (Phi) is 5.94. The van der Waals surface area contributed by atoms with Gasteiger partial charge in [-0.25, -0.2) is 4.98 Å². The van der Waals surface area contributed by atoms with Crippen molar-refractivity contribution in [2.75, 3.05) is 26.6 Å². The Morgan fingerprint density at radius 1 is 0.812 bits per heavy atom. The van der Waals surface area contributed by atoms with Crippen LogP contribution in [0.4, 0.5) is 5.69 Å². The first-order valence-electron chi connectivity index (χ1n) is 10.1. The van der Waals surface area contributed by atoms with Crippen molar-refractivity contribution in [2.24, 2.45) is 0 Å². The van der Waals surface area contributed by atoms with E-state index in [1.54, 1.807) is 39.5 Å². The number of benzene rings is 3. The zero-order valence-corrected chi connectivity index (χ0v) is 18.4. The monoisotopic (exact) mass is 428 g/mol. The zero-order chi connectivity index (χ0) is 22.7. The maximum absolute atomic E-state index is 13.5. The molecule has 0 saturated heterocycles. The molecule has 4 rings (SSSR count). The standard InChI is InChI=1S/C26H24N2O4/c1-16-24(26(29)27-18-13-20(31-3)15-21(14-18)32-4)22-7-5-6-8-23(22)28-25(16)17-9-11-19(30-2)12-10-17/h5-15H,1-4H3,(H,27,29). The molecule has 162 valence electrons. The number of carbonyl (C=O) groups is 1. The third-order valence-electron chi connectivity index (χ3n) is 5.34. The van der Waals surface area contributed by atoms with E-state index < -0.39 is 0 Å². The molecule has 1 N–H and O–H groups in total. The summed E-state index contributed by atoms with van der Waals surface area (Å²) in [5, 5.41) is 3.78. The predicted octanol–water partition coefficient (Wildman–Crippen LogP) is 5.49. The summed E-state index contributed by atoms with van der Waals surface area (Å²) >= 11 is 0. The minimum Gasteiger partial charge on any atom is -0.497 e. The maximum Gasteiger partial charge on any atom is 0.256 e. The number of para-hydroxylation sites is 1. The molecule has 0 spiro atoms. The van der Waals surface area contributed by atoms with Crippen LogP contribution in [0.25, 0.3) is 22.2 Å². The van der Waals surface area contributed by atoms with Crippen molar-refractivity contribution >= 4 is 22.5 Å². The SMILES string of the molecule is COc1ccc(-c2nc3ccccc3c(C(=O)Nc3cc(OC)cc(OC)c3)c2C)cc1. The number of nitrogens with one attached hydrogen (secondary N) is 1. The highest BCUT2D eigenvalue weighted by atomic mass is 16.5. The number of fused-ring (bicyclic) bond motifs is 1. The molecular formula is C26H24N2O4. The predicted molar refractivity (Wildman–Crippen MR) is 126 cm³/mol. The van der Waals surface area contributed by atoms with Crippen molar-refractivity contribution in [2.45, 2.75) is 6.92 Å². The van der Waals surface area contributed by atoms with Gasteiger partial charge >= 0.3 is 0 Å². The van der Waals surface area contributed by atoms with Gasteiger partial charge in [0.25, 0.3) is 5.91 Å². The molecule has 0 bridgehead atoms. The number of hydrogen-bond acceptors (Lipinski definition) is 5. The number of rotatable bonds is 6. The number of aromatic nitrogens is 1. The van der Waals surface area contributed by atoms with E-state index in [1.807, 2.05) is 55.5 Å². The van der Waals surface area contributed by atoms with E-state index in [-0.39, 0.29) is 5.91 Å². The minimum absolute atomic E-state index is 0.230. The van der Waals surface area contributed by atoms with E-state index in [9.17, 15) is 4.79 Å². The van der Waals surface area contributed by atoms with Crippen molar-refractivity contribution in [3.8, 4) is 28.5 Å². The lowest BCUT2D eigenvalue weighted by atomic mass is 9.97. The number of nitrogens with zero attached hydrogens (tertiary/aromatic N) is 1. The summed E-state index contributed by atoms with van der Waals surface area (Å²) in [4.78, 5) is 18.3. The average molecular weight is 428 g/mol. The molecule has 0 aliphatic carbocycles. The number of carbonyl (C=O) groups excluding carboxylic acids is 1. The van der Waals surface area contributed by atoms with E-state index >= 15 is 0 Å². The first-order chi connectivity index (χ1) is 15.5. The van der Waals surface area contributed by atoms with Gasteiger partial charge in [-0.2, -0.15) is 0 Å². The average Bonchev–Trinajstić information content (AvgIpc) is 2.83. The number of ether oxygens (including phenoxy) is 3. The van der Waals surface area contributed by atoms with Crippen molar-refractivity contribution in [1.82, 2.24) is 4.98 Å². The van der Waals surface area contributed by atoms with Gasteiger partial charge in [0.15, 0.2) is 0 Å². The Hall–Kier alpha value is -4.06. The summed E-state index contributed by atoms with van der Waals surface area (Å²) in [7, 11) is 4.77. The normalized spacial score (nSPS) is 10.6. The largest absolute Gasteiger partial charge is 0.497 e. The summed E-state index contributed by atoms with van der Waals surface area (Å²) in [6.07, 6.45) is 0. The molecule has 0 aliphatic heterocycles. The lowest BCUT2D eigenvalue weighted by Crippen LogP contribution is -2.15. The van der Waals surface area contributed by atoms with Gasteiger partial charge in [-0.15, -0.1) is 0 Å². The summed E-state index contributed by atoms with van der Waals surface area (Å²) in [5.74, 6) is 1.72.